The van der Waals surface area contributed by atoms with Gasteiger partial charge in [-0.1, -0.05) is 0 Å². The lowest BCUT2D eigenvalue weighted by molar-refractivity contribution is -0.144. The molecule has 2 rings (SSSR count). The maximum atomic E-state index is 12.4. The van der Waals surface area contributed by atoms with Crippen LogP contribution in [0.4, 0.5) is 5.69 Å². The highest BCUT2D eigenvalue weighted by Gasteiger charge is 2.26. The van der Waals surface area contributed by atoms with E-state index in [1.165, 1.54) is 18.0 Å². The van der Waals surface area contributed by atoms with Gasteiger partial charge in [0.15, 0.2) is 0 Å². The minimum atomic E-state index is -0.753. The first kappa shape index (κ1) is 21.4. The Bertz CT molecular complexity index is 572. The Morgan fingerprint density at radius 3 is 2.68 bits per heavy atom. The van der Waals surface area contributed by atoms with Gasteiger partial charge in [-0.15, -0.1) is 12.4 Å². The van der Waals surface area contributed by atoms with Crippen molar-refractivity contribution in [3.8, 4) is 0 Å². The normalized spacial score (nSPS) is 21.4. The van der Waals surface area contributed by atoms with Crippen LogP contribution < -0.4 is 11.1 Å². The summed E-state index contributed by atoms with van der Waals surface area (Å²) in [6, 6.07) is -0.753. The minimum Gasteiger partial charge on any atom is -0.383 e. The fourth-order valence-electron chi connectivity index (χ4n) is 2.62. The number of carbonyl (C=O) groups excluding carboxylic acids is 2. The molecule has 2 amide bonds. The van der Waals surface area contributed by atoms with E-state index in [9.17, 15) is 9.59 Å². The monoisotopic (exact) mass is 375 g/mol. The number of anilines is 1. The molecule has 0 radical (unpaired) electrons. The Labute approximate surface area is 153 Å². The molecule has 1 saturated heterocycles. The zero-order valence-electron chi connectivity index (χ0n) is 14.7. The van der Waals surface area contributed by atoms with E-state index in [0.29, 0.717) is 18.8 Å². The van der Waals surface area contributed by atoms with Crippen molar-refractivity contribution in [3.63, 3.8) is 0 Å². The van der Waals surface area contributed by atoms with Gasteiger partial charge >= 0.3 is 0 Å². The Balaban J connectivity index is 0.00000312. The van der Waals surface area contributed by atoms with Crippen LogP contribution in [-0.4, -0.2) is 71.6 Å². The van der Waals surface area contributed by atoms with Crippen molar-refractivity contribution in [2.45, 2.75) is 38.6 Å². The van der Waals surface area contributed by atoms with Crippen molar-refractivity contribution in [2.24, 2.45) is 5.73 Å². The van der Waals surface area contributed by atoms with E-state index in [1.807, 2.05) is 13.8 Å². The summed E-state index contributed by atoms with van der Waals surface area (Å²) >= 11 is 0. The van der Waals surface area contributed by atoms with E-state index < -0.39 is 6.04 Å². The second-order valence-corrected chi connectivity index (χ2v) is 6.03. The van der Waals surface area contributed by atoms with Crippen LogP contribution in [0.15, 0.2) is 12.4 Å². The molecule has 9 nitrogen and oxygen atoms in total. The number of morpholine rings is 1. The molecule has 1 aliphatic heterocycles. The van der Waals surface area contributed by atoms with Gasteiger partial charge < -0.3 is 25.4 Å². The van der Waals surface area contributed by atoms with E-state index in [1.54, 1.807) is 11.1 Å². The number of methoxy groups -OCH3 is 1. The van der Waals surface area contributed by atoms with Crippen LogP contribution in [0.2, 0.25) is 0 Å². The number of hydrogen-bond acceptors (Lipinski definition) is 6. The average Bonchev–Trinajstić information content (AvgIpc) is 2.93. The van der Waals surface area contributed by atoms with Gasteiger partial charge in [-0.25, -0.2) is 0 Å². The Kier molecular flexibility index (Phi) is 8.30. The summed E-state index contributed by atoms with van der Waals surface area (Å²) in [5.74, 6) is -0.396. The molecule has 0 aliphatic carbocycles. The fourth-order valence-corrected chi connectivity index (χ4v) is 2.62. The minimum absolute atomic E-state index is 0. The van der Waals surface area contributed by atoms with Gasteiger partial charge in [0, 0.05) is 26.4 Å². The standard InChI is InChI=1S/C15H25N5O4.ClH/c1-10-5-19(6-11(2)24-10)14(21)8-20-7-12(4-17-20)18-15(22)13(16)9-23-3;/h4,7,10-11,13H,5-6,8-9,16H2,1-3H3,(H,18,22);1H. The molecule has 3 unspecified atom stereocenters. The number of rotatable bonds is 6. The van der Waals surface area contributed by atoms with E-state index in [0.717, 1.165) is 0 Å². The second kappa shape index (κ2) is 9.71. The van der Waals surface area contributed by atoms with Gasteiger partial charge in [0.05, 0.1) is 30.7 Å². The molecule has 1 fully saturated rings. The highest BCUT2D eigenvalue weighted by Crippen LogP contribution is 2.12. The van der Waals surface area contributed by atoms with Crippen molar-refractivity contribution >= 4 is 29.9 Å². The molecule has 0 saturated carbocycles. The zero-order valence-corrected chi connectivity index (χ0v) is 15.5. The summed E-state index contributed by atoms with van der Waals surface area (Å²) in [5.41, 5.74) is 6.14. The van der Waals surface area contributed by atoms with Crippen molar-refractivity contribution < 1.29 is 19.1 Å². The number of nitrogens with two attached hydrogens (primary N) is 1. The highest BCUT2D eigenvalue weighted by atomic mass is 35.5. The van der Waals surface area contributed by atoms with Gasteiger partial charge in [0.2, 0.25) is 11.8 Å². The van der Waals surface area contributed by atoms with Crippen LogP contribution in [-0.2, 0) is 25.6 Å². The summed E-state index contributed by atoms with van der Waals surface area (Å²) in [6.45, 7) is 5.27. The molecule has 10 heteroatoms. The maximum absolute atomic E-state index is 12.4. The first-order valence-corrected chi connectivity index (χ1v) is 7.90. The van der Waals surface area contributed by atoms with E-state index in [-0.39, 0.29) is 49.6 Å². The van der Waals surface area contributed by atoms with Crippen LogP contribution in [0.3, 0.4) is 0 Å². The van der Waals surface area contributed by atoms with Crippen molar-refractivity contribution in [2.75, 3.05) is 32.1 Å². The topological polar surface area (TPSA) is 112 Å². The third-order valence-electron chi connectivity index (χ3n) is 3.65. The van der Waals surface area contributed by atoms with E-state index >= 15 is 0 Å². The number of nitrogens with zero attached hydrogens (tertiary/aromatic N) is 3. The van der Waals surface area contributed by atoms with Crippen LogP contribution in [0, 0.1) is 0 Å². The molecule has 1 aliphatic rings. The third-order valence-corrected chi connectivity index (χ3v) is 3.65. The molecule has 3 N–H and O–H groups in total. The smallest absolute Gasteiger partial charge is 0.244 e. The maximum Gasteiger partial charge on any atom is 0.244 e. The van der Waals surface area contributed by atoms with Crippen molar-refractivity contribution in [1.82, 2.24) is 14.7 Å². The molecule has 0 aromatic carbocycles. The molecule has 25 heavy (non-hydrogen) atoms. The molecule has 1 aromatic rings. The first-order valence-electron chi connectivity index (χ1n) is 7.90. The SMILES string of the molecule is COCC(N)C(=O)Nc1cnn(CC(=O)N2CC(C)OC(C)C2)c1.Cl. The third kappa shape index (κ3) is 6.28. The number of amides is 2. The summed E-state index contributed by atoms with van der Waals surface area (Å²) in [7, 11) is 1.48. The number of hydrogen-bond donors (Lipinski definition) is 2. The van der Waals surface area contributed by atoms with Crippen LogP contribution in [0.1, 0.15) is 13.8 Å². The number of aromatic nitrogens is 2. The van der Waals surface area contributed by atoms with Gasteiger partial charge in [0.25, 0.3) is 0 Å². The van der Waals surface area contributed by atoms with Crippen molar-refractivity contribution in [3.05, 3.63) is 12.4 Å². The average molecular weight is 376 g/mol. The largest absolute Gasteiger partial charge is 0.383 e. The summed E-state index contributed by atoms with van der Waals surface area (Å²) < 4.78 is 11.9. The van der Waals surface area contributed by atoms with Gasteiger partial charge in [0.1, 0.15) is 12.6 Å². The van der Waals surface area contributed by atoms with Crippen LogP contribution >= 0.6 is 12.4 Å². The summed E-state index contributed by atoms with van der Waals surface area (Å²) in [6.07, 6.45) is 3.12. The molecular weight excluding hydrogens is 350 g/mol. The molecule has 0 spiro atoms. The molecule has 142 valence electrons. The van der Waals surface area contributed by atoms with Crippen LogP contribution in [0.5, 0.6) is 0 Å². The molecular formula is C15H26ClN5O4. The number of carbonyl (C=O) groups is 2. The Morgan fingerprint density at radius 1 is 1.44 bits per heavy atom. The summed E-state index contributed by atoms with van der Waals surface area (Å²) in [4.78, 5) is 26.0. The molecule has 3 atom stereocenters. The second-order valence-electron chi connectivity index (χ2n) is 6.03. The summed E-state index contributed by atoms with van der Waals surface area (Å²) in [5, 5.41) is 6.74. The van der Waals surface area contributed by atoms with Crippen molar-refractivity contribution in [1.29, 1.82) is 0 Å². The number of nitrogens with one attached hydrogen (secondary N) is 1. The predicted molar refractivity (Wildman–Crippen MR) is 94.5 cm³/mol. The van der Waals surface area contributed by atoms with Gasteiger partial charge in [-0.2, -0.15) is 5.10 Å². The molecule has 0 bridgehead atoms. The van der Waals surface area contributed by atoms with E-state index in [4.69, 9.17) is 15.2 Å². The lowest BCUT2D eigenvalue weighted by atomic mass is 10.2. The quantitative estimate of drug-likeness (QED) is 0.715. The van der Waals surface area contributed by atoms with Crippen LogP contribution in [0.25, 0.3) is 0 Å². The highest BCUT2D eigenvalue weighted by molar-refractivity contribution is 5.94. The Hall–Kier alpha value is -1.68. The first-order chi connectivity index (χ1) is 11.4. The number of ether oxygens (including phenoxy) is 2. The molecule has 1 aromatic heterocycles. The molecule has 2 heterocycles. The van der Waals surface area contributed by atoms with Gasteiger partial charge in [-0.05, 0) is 13.8 Å². The van der Waals surface area contributed by atoms with E-state index in [2.05, 4.69) is 10.4 Å². The lowest BCUT2D eigenvalue weighted by Gasteiger charge is -2.35. The number of halogens is 1. The Morgan fingerprint density at radius 2 is 2.08 bits per heavy atom. The lowest BCUT2D eigenvalue weighted by Crippen LogP contribution is -2.49. The zero-order chi connectivity index (χ0) is 17.7. The fraction of sp³-hybridized carbons (Fsp3) is 0.667. The van der Waals surface area contributed by atoms with Gasteiger partial charge in [-0.3, -0.25) is 14.3 Å². The predicted octanol–water partition coefficient (Wildman–Crippen LogP) is -0.147.